The first-order chi connectivity index (χ1) is 5.81. The number of hydrogen-bond acceptors (Lipinski definition) is 1. The molecule has 0 N–H and O–H groups in total. The van der Waals surface area contributed by atoms with Crippen molar-refractivity contribution in [3.63, 3.8) is 0 Å². The lowest BCUT2D eigenvalue weighted by molar-refractivity contribution is 0.622. The second-order valence-electron chi connectivity index (χ2n) is 3.11. The van der Waals surface area contributed by atoms with Gasteiger partial charge in [-0.1, -0.05) is 17.7 Å². The highest BCUT2D eigenvalue weighted by Crippen LogP contribution is 2.38. The van der Waals surface area contributed by atoms with E-state index in [0.29, 0.717) is 12.3 Å². The van der Waals surface area contributed by atoms with E-state index in [-0.39, 0.29) is 0 Å². The van der Waals surface area contributed by atoms with Gasteiger partial charge in [0.15, 0.2) is 0 Å². The van der Waals surface area contributed by atoms with Crippen molar-refractivity contribution in [3.05, 3.63) is 34.3 Å². The highest BCUT2D eigenvalue weighted by atomic mass is 35.5. The maximum Gasteiger partial charge on any atom is 0.0628 e. The zero-order chi connectivity index (χ0) is 8.55. The van der Waals surface area contributed by atoms with Gasteiger partial charge in [0.05, 0.1) is 6.07 Å². The van der Waals surface area contributed by atoms with Crippen LogP contribution in [0.3, 0.4) is 0 Å². The smallest absolute Gasteiger partial charge is 0.0628 e. The topological polar surface area (TPSA) is 23.8 Å². The molecule has 2 heteroatoms. The van der Waals surface area contributed by atoms with Crippen LogP contribution in [0, 0.1) is 11.3 Å². The standard InChI is InChI=1S/C10H8ClN/c11-9-2-1-7-5-8(3-4-12)10(7)6-9/h1-2,6,8H,3,5H2. The van der Waals surface area contributed by atoms with Crippen LogP contribution in [0.15, 0.2) is 18.2 Å². The first-order valence-electron chi connectivity index (χ1n) is 3.96. The molecule has 0 saturated carbocycles. The number of rotatable bonds is 1. The van der Waals surface area contributed by atoms with Gasteiger partial charge in [0.1, 0.15) is 0 Å². The van der Waals surface area contributed by atoms with Crippen LogP contribution in [0.5, 0.6) is 0 Å². The van der Waals surface area contributed by atoms with Gasteiger partial charge in [0, 0.05) is 17.4 Å². The van der Waals surface area contributed by atoms with E-state index in [2.05, 4.69) is 6.07 Å². The lowest BCUT2D eigenvalue weighted by atomic mass is 9.76. The van der Waals surface area contributed by atoms with E-state index < -0.39 is 0 Å². The molecule has 0 saturated heterocycles. The quantitative estimate of drug-likeness (QED) is 0.647. The molecule has 0 spiro atoms. The van der Waals surface area contributed by atoms with Crippen LogP contribution in [0.4, 0.5) is 0 Å². The van der Waals surface area contributed by atoms with Crippen molar-refractivity contribution in [2.75, 3.05) is 0 Å². The second kappa shape index (κ2) is 2.80. The minimum atomic E-state index is 0.434. The fourth-order valence-corrected chi connectivity index (χ4v) is 1.85. The Labute approximate surface area is 76.6 Å². The average molecular weight is 178 g/mol. The van der Waals surface area contributed by atoms with E-state index in [1.54, 1.807) is 0 Å². The Bertz CT molecular complexity index is 351. The molecule has 1 aliphatic rings. The Balaban J connectivity index is 2.29. The number of nitrogens with zero attached hydrogens (tertiary/aromatic N) is 1. The Hall–Kier alpha value is -1.00. The monoisotopic (exact) mass is 177 g/mol. The molecule has 1 aromatic carbocycles. The van der Waals surface area contributed by atoms with Crippen molar-refractivity contribution < 1.29 is 0 Å². The van der Waals surface area contributed by atoms with Crippen molar-refractivity contribution in [2.24, 2.45) is 0 Å². The van der Waals surface area contributed by atoms with Gasteiger partial charge < -0.3 is 0 Å². The number of benzene rings is 1. The molecule has 2 rings (SSSR count). The van der Waals surface area contributed by atoms with Crippen LogP contribution in [-0.4, -0.2) is 0 Å². The molecule has 0 aliphatic heterocycles. The SMILES string of the molecule is N#CCC1Cc2ccc(Cl)cc21. The molecule has 0 heterocycles. The summed E-state index contributed by atoms with van der Waals surface area (Å²) in [6.45, 7) is 0. The summed E-state index contributed by atoms with van der Waals surface area (Å²) in [5.74, 6) is 0.434. The zero-order valence-corrected chi connectivity index (χ0v) is 7.30. The Morgan fingerprint density at radius 3 is 3.17 bits per heavy atom. The van der Waals surface area contributed by atoms with Crippen LogP contribution >= 0.6 is 11.6 Å². The third kappa shape index (κ3) is 1.09. The summed E-state index contributed by atoms with van der Waals surface area (Å²) < 4.78 is 0. The number of nitriles is 1. The van der Waals surface area contributed by atoms with Crippen LogP contribution in [0.2, 0.25) is 5.02 Å². The van der Waals surface area contributed by atoms with E-state index >= 15 is 0 Å². The molecular weight excluding hydrogens is 170 g/mol. The molecule has 0 bridgehead atoms. The van der Waals surface area contributed by atoms with E-state index in [1.165, 1.54) is 11.1 Å². The molecule has 1 aromatic rings. The van der Waals surface area contributed by atoms with Gasteiger partial charge in [-0.25, -0.2) is 0 Å². The van der Waals surface area contributed by atoms with Crippen LogP contribution in [0.25, 0.3) is 0 Å². The third-order valence-corrected chi connectivity index (χ3v) is 2.59. The van der Waals surface area contributed by atoms with Crippen molar-refractivity contribution in [3.8, 4) is 6.07 Å². The molecule has 1 unspecified atom stereocenters. The Morgan fingerprint density at radius 2 is 2.42 bits per heavy atom. The summed E-state index contributed by atoms with van der Waals surface area (Å²) in [7, 11) is 0. The van der Waals surface area contributed by atoms with Gasteiger partial charge in [0.2, 0.25) is 0 Å². The van der Waals surface area contributed by atoms with E-state index in [0.717, 1.165) is 11.4 Å². The maximum atomic E-state index is 8.51. The normalized spacial score (nSPS) is 19.2. The summed E-state index contributed by atoms with van der Waals surface area (Å²) in [6.07, 6.45) is 1.66. The summed E-state index contributed by atoms with van der Waals surface area (Å²) in [5, 5.41) is 9.29. The van der Waals surface area contributed by atoms with E-state index in [9.17, 15) is 0 Å². The molecule has 1 atom stereocenters. The summed E-state index contributed by atoms with van der Waals surface area (Å²) in [6, 6.07) is 8.11. The number of fused-ring (bicyclic) bond motifs is 1. The predicted molar refractivity (Wildman–Crippen MR) is 48.1 cm³/mol. The fraction of sp³-hybridized carbons (Fsp3) is 0.300. The van der Waals surface area contributed by atoms with Gasteiger partial charge in [-0.3, -0.25) is 0 Å². The Morgan fingerprint density at radius 1 is 1.58 bits per heavy atom. The lowest BCUT2D eigenvalue weighted by Gasteiger charge is -2.28. The first-order valence-corrected chi connectivity index (χ1v) is 4.34. The maximum absolute atomic E-state index is 8.51. The highest BCUT2D eigenvalue weighted by molar-refractivity contribution is 6.30. The van der Waals surface area contributed by atoms with E-state index in [4.69, 9.17) is 16.9 Å². The number of halogens is 1. The van der Waals surface area contributed by atoms with E-state index in [1.807, 2.05) is 18.2 Å². The molecule has 0 radical (unpaired) electrons. The molecule has 0 amide bonds. The van der Waals surface area contributed by atoms with Gasteiger partial charge in [-0.15, -0.1) is 0 Å². The van der Waals surface area contributed by atoms with Gasteiger partial charge in [-0.05, 0) is 29.7 Å². The van der Waals surface area contributed by atoms with Crippen molar-refractivity contribution in [1.82, 2.24) is 0 Å². The van der Waals surface area contributed by atoms with Crippen molar-refractivity contribution in [2.45, 2.75) is 18.8 Å². The van der Waals surface area contributed by atoms with Crippen LogP contribution in [-0.2, 0) is 6.42 Å². The number of hydrogen-bond donors (Lipinski definition) is 0. The summed E-state index contributed by atoms with van der Waals surface area (Å²) in [4.78, 5) is 0. The molecule has 60 valence electrons. The summed E-state index contributed by atoms with van der Waals surface area (Å²) >= 11 is 5.83. The molecule has 1 nitrogen and oxygen atoms in total. The average Bonchev–Trinajstić information content (AvgIpc) is 2.05. The lowest BCUT2D eigenvalue weighted by Crippen LogP contribution is -2.16. The minimum Gasteiger partial charge on any atom is -0.198 e. The van der Waals surface area contributed by atoms with Crippen molar-refractivity contribution in [1.29, 1.82) is 5.26 Å². The molecule has 0 fully saturated rings. The van der Waals surface area contributed by atoms with Gasteiger partial charge in [-0.2, -0.15) is 5.26 Å². The van der Waals surface area contributed by atoms with Crippen LogP contribution in [0.1, 0.15) is 23.5 Å². The summed E-state index contributed by atoms with van der Waals surface area (Å²) in [5.41, 5.74) is 2.61. The van der Waals surface area contributed by atoms with Crippen molar-refractivity contribution >= 4 is 11.6 Å². The molecule has 1 aliphatic carbocycles. The largest absolute Gasteiger partial charge is 0.198 e. The van der Waals surface area contributed by atoms with Gasteiger partial charge in [0.25, 0.3) is 0 Å². The zero-order valence-electron chi connectivity index (χ0n) is 6.55. The third-order valence-electron chi connectivity index (χ3n) is 2.35. The molecular formula is C10H8ClN. The Kier molecular flexibility index (Phi) is 1.78. The highest BCUT2D eigenvalue weighted by Gasteiger charge is 2.25. The molecule has 0 aromatic heterocycles. The minimum absolute atomic E-state index is 0.434. The second-order valence-corrected chi connectivity index (χ2v) is 3.54. The van der Waals surface area contributed by atoms with Crippen LogP contribution < -0.4 is 0 Å². The molecule has 12 heavy (non-hydrogen) atoms. The fourth-order valence-electron chi connectivity index (χ4n) is 1.67. The predicted octanol–water partition coefficient (Wildman–Crippen LogP) is 2.89. The first kappa shape index (κ1) is 7.64. The van der Waals surface area contributed by atoms with Gasteiger partial charge >= 0.3 is 0 Å².